The highest BCUT2D eigenvalue weighted by atomic mass is 32.3. The quantitative estimate of drug-likeness (QED) is 0.655. The Morgan fingerprint density at radius 3 is 3.00 bits per heavy atom. The minimum absolute atomic E-state index is 0.418. The number of thiazole rings is 1. The van der Waals surface area contributed by atoms with Crippen LogP contribution in [-0.4, -0.2) is 17.8 Å². The van der Waals surface area contributed by atoms with Crippen LogP contribution in [0.4, 0.5) is 3.89 Å². The van der Waals surface area contributed by atoms with Gasteiger partial charge in [0.15, 0.2) is 9.99 Å². The van der Waals surface area contributed by atoms with Gasteiger partial charge in [0.1, 0.15) is 0 Å². The second-order valence-electron chi connectivity index (χ2n) is 2.09. The molecule has 0 N–H and O–H groups in total. The minimum atomic E-state index is -4.65. The van der Waals surface area contributed by atoms with Crippen molar-refractivity contribution in [3.63, 3.8) is 0 Å². The van der Waals surface area contributed by atoms with Gasteiger partial charge >= 0.3 is 10.2 Å². The van der Waals surface area contributed by atoms with Crippen LogP contribution in [0, 0.1) is 0 Å². The monoisotopic (exact) mass is 206 g/mol. The lowest BCUT2D eigenvalue weighted by Crippen LogP contribution is -1.95. The third-order valence-corrected chi connectivity index (χ3v) is 2.93. The molecule has 0 amide bonds. The Labute approximate surface area is 71.5 Å². The van der Waals surface area contributed by atoms with E-state index in [-0.39, 0.29) is 0 Å². The molecule has 0 aliphatic carbocycles. The summed E-state index contributed by atoms with van der Waals surface area (Å²) in [6.07, 6.45) is 2.46. The predicted octanol–water partition coefficient (Wildman–Crippen LogP) is 1.05. The molecule has 0 radical (unpaired) electrons. The van der Waals surface area contributed by atoms with Crippen molar-refractivity contribution in [1.82, 2.24) is 9.38 Å². The molecule has 0 atom stereocenters. The predicted molar refractivity (Wildman–Crippen MR) is 41.4 cm³/mol. The van der Waals surface area contributed by atoms with Crippen molar-refractivity contribution in [3.8, 4) is 0 Å². The van der Waals surface area contributed by atoms with Crippen LogP contribution in [0.25, 0.3) is 4.96 Å². The van der Waals surface area contributed by atoms with Gasteiger partial charge in [-0.15, -0.1) is 11.3 Å². The van der Waals surface area contributed by atoms with Gasteiger partial charge in [-0.25, -0.2) is 4.98 Å². The summed E-state index contributed by atoms with van der Waals surface area (Å²) in [5.74, 6) is 0. The Morgan fingerprint density at radius 1 is 1.58 bits per heavy atom. The zero-order chi connectivity index (χ0) is 8.77. The fraction of sp³-hybridized carbons (Fsp3) is 0. The molecular formula is C5H3FN2O2S2. The van der Waals surface area contributed by atoms with Crippen molar-refractivity contribution < 1.29 is 12.3 Å². The van der Waals surface area contributed by atoms with E-state index >= 15 is 0 Å². The SMILES string of the molecule is O=S(=O)(F)c1cnc2sccn12. The van der Waals surface area contributed by atoms with E-state index in [1.54, 1.807) is 5.38 Å². The number of aromatic nitrogens is 2. The van der Waals surface area contributed by atoms with Crippen LogP contribution in [0.3, 0.4) is 0 Å². The zero-order valence-electron chi connectivity index (χ0n) is 5.64. The van der Waals surface area contributed by atoms with Gasteiger partial charge in [0, 0.05) is 11.6 Å². The molecule has 0 aliphatic heterocycles. The van der Waals surface area contributed by atoms with E-state index in [2.05, 4.69) is 4.98 Å². The van der Waals surface area contributed by atoms with E-state index in [1.807, 2.05) is 0 Å². The van der Waals surface area contributed by atoms with Crippen LogP contribution < -0.4 is 0 Å². The molecule has 0 bridgehead atoms. The van der Waals surface area contributed by atoms with Gasteiger partial charge in [-0.1, -0.05) is 3.89 Å². The van der Waals surface area contributed by atoms with Gasteiger partial charge in [0.25, 0.3) is 0 Å². The van der Waals surface area contributed by atoms with Crippen LogP contribution in [-0.2, 0) is 10.2 Å². The zero-order valence-corrected chi connectivity index (χ0v) is 7.27. The van der Waals surface area contributed by atoms with E-state index < -0.39 is 15.2 Å². The second-order valence-corrected chi connectivity index (χ2v) is 4.26. The number of rotatable bonds is 1. The Hall–Kier alpha value is -0.950. The van der Waals surface area contributed by atoms with Crippen LogP contribution in [0.2, 0.25) is 0 Å². The second kappa shape index (κ2) is 2.27. The summed E-state index contributed by atoms with van der Waals surface area (Å²) in [6, 6.07) is 0. The number of hydrogen-bond acceptors (Lipinski definition) is 4. The first-order chi connectivity index (χ1) is 5.59. The van der Waals surface area contributed by atoms with Gasteiger partial charge in [-0.3, -0.25) is 4.40 Å². The molecule has 0 aliphatic rings. The van der Waals surface area contributed by atoms with E-state index in [0.29, 0.717) is 4.96 Å². The number of fused-ring (bicyclic) bond motifs is 1. The molecule has 0 spiro atoms. The molecule has 7 heteroatoms. The van der Waals surface area contributed by atoms with E-state index in [9.17, 15) is 12.3 Å². The fourth-order valence-corrected chi connectivity index (χ4v) is 2.20. The van der Waals surface area contributed by atoms with Crippen LogP contribution in [0.1, 0.15) is 0 Å². The maximum absolute atomic E-state index is 12.5. The van der Waals surface area contributed by atoms with Crippen molar-refractivity contribution in [1.29, 1.82) is 0 Å². The topological polar surface area (TPSA) is 51.4 Å². The summed E-state index contributed by atoms with van der Waals surface area (Å²) < 4.78 is 34.6. The standard InChI is InChI=1S/C5H3FN2O2S2/c6-12(9,10)4-3-7-5-8(4)1-2-11-5/h1-3H. The molecule has 64 valence electrons. The van der Waals surface area contributed by atoms with Gasteiger partial charge in [0.05, 0.1) is 6.20 Å². The fourth-order valence-electron chi connectivity index (χ4n) is 0.886. The lowest BCUT2D eigenvalue weighted by Gasteiger charge is -1.88. The van der Waals surface area contributed by atoms with Gasteiger partial charge in [-0.05, 0) is 0 Å². The number of halogens is 1. The van der Waals surface area contributed by atoms with Crippen LogP contribution in [0.15, 0.2) is 22.8 Å². The maximum atomic E-state index is 12.5. The summed E-state index contributed by atoms with van der Waals surface area (Å²) in [5, 5.41) is 1.22. The molecular weight excluding hydrogens is 203 g/mol. The summed E-state index contributed by atoms with van der Waals surface area (Å²) >= 11 is 1.24. The summed E-state index contributed by atoms with van der Waals surface area (Å²) in [5.41, 5.74) is 0. The average molecular weight is 206 g/mol. The highest BCUT2D eigenvalue weighted by molar-refractivity contribution is 7.86. The smallest absolute Gasteiger partial charge is 0.279 e. The number of imidazole rings is 1. The van der Waals surface area contributed by atoms with Gasteiger partial charge in [-0.2, -0.15) is 8.42 Å². The molecule has 0 fully saturated rings. The largest absolute Gasteiger partial charge is 0.349 e. The third-order valence-electron chi connectivity index (χ3n) is 1.36. The Bertz CT molecular complexity index is 512. The molecule has 12 heavy (non-hydrogen) atoms. The van der Waals surface area contributed by atoms with E-state index in [4.69, 9.17) is 0 Å². The number of hydrogen-bond donors (Lipinski definition) is 0. The van der Waals surface area contributed by atoms with Crippen molar-refractivity contribution in [2.75, 3.05) is 0 Å². The normalized spacial score (nSPS) is 12.4. The average Bonchev–Trinajstić information content (AvgIpc) is 2.37. The third kappa shape index (κ3) is 1.01. The molecule has 4 nitrogen and oxygen atoms in total. The molecule has 2 heterocycles. The van der Waals surface area contributed by atoms with Crippen molar-refractivity contribution in [2.45, 2.75) is 5.03 Å². The number of nitrogens with zero attached hydrogens (tertiary/aromatic N) is 2. The van der Waals surface area contributed by atoms with Crippen LogP contribution in [0.5, 0.6) is 0 Å². The molecule has 0 saturated heterocycles. The molecule has 2 rings (SSSR count). The summed E-state index contributed by atoms with van der Waals surface area (Å²) in [4.78, 5) is 4.17. The lowest BCUT2D eigenvalue weighted by molar-refractivity contribution is 0.547. The van der Waals surface area contributed by atoms with E-state index in [0.717, 1.165) is 6.20 Å². The Kier molecular flexibility index (Phi) is 1.45. The van der Waals surface area contributed by atoms with Gasteiger partial charge < -0.3 is 0 Å². The molecule has 2 aromatic rings. The van der Waals surface area contributed by atoms with Crippen molar-refractivity contribution in [3.05, 3.63) is 17.8 Å². The van der Waals surface area contributed by atoms with Crippen LogP contribution >= 0.6 is 11.3 Å². The minimum Gasteiger partial charge on any atom is -0.279 e. The maximum Gasteiger partial charge on any atom is 0.349 e. The van der Waals surface area contributed by atoms with E-state index in [1.165, 1.54) is 21.9 Å². The molecule has 0 unspecified atom stereocenters. The van der Waals surface area contributed by atoms with Crippen molar-refractivity contribution >= 4 is 26.5 Å². The molecule has 0 saturated carbocycles. The highest BCUT2D eigenvalue weighted by Gasteiger charge is 2.17. The Morgan fingerprint density at radius 2 is 2.33 bits per heavy atom. The van der Waals surface area contributed by atoms with Crippen molar-refractivity contribution in [2.24, 2.45) is 0 Å². The lowest BCUT2D eigenvalue weighted by atomic mass is 10.9. The Balaban J connectivity index is 2.87. The molecule has 2 aromatic heterocycles. The molecule has 0 aromatic carbocycles. The summed E-state index contributed by atoms with van der Waals surface area (Å²) in [7, 11) is -4.65. The first-order valence-electron chi connectivity index (χ1n) is 2.94. The summed E-state index contributed by atoms with van der Waals surface area (Å²) in [6.45, 7) is 0. The first-order valence-corrected chi connectivity index (χ1v) is 5.20. The van der Waals surface area contributed by atoms with Gasteiger partial charge in [0.2, 0.25) is 0 Å². The first kappa shape index (κ1) is 7.69. The highest BCUT2D eigenvalue weighted by Crippen LogP contribution is 2.17.